The van der Waals surface area contributed by atoms with Gasteiger partial charge in [0.15, 0.2) is 0 Å². The van der Waals surface area contributed by atoms with Gasteiger partial charge in [-0.3, -0.25) is 0 Å². The Morgan fingerprint density at radius 1 is 1.10 bits per heavy atom. The molecule has 2 aromatic carbocycles. The molecular formula is C14H12Cl2F2N2. The van der Waals surface area contributed by atoms with Crippen molar-refractivity contribution in [2.24, 2.45) is 5.73 Å². The first-order valence-electron chi connectivity index (χ1n) is 5.88. The highest BCUT2D eigenvalue weighted by atomic mass is 35.5. The second-order valence-electron chi connectivity index (χ2n) is 4.22. The van der Waals surface area contributed by atoms with E-state index < -0.39 is 17.7 Å². The van der Waals surface area contributed by atoms with Crippen molar-refractivity contribution in [3.8, 4) is 0 Å². The van der Waals surface area contributed by atoms with E-state index >= 15 is 0 Å². The molecule has 3 N–H and O–H groups in total. The number of nitrogens with one attached hydrogen (secondary N) is 1. The van der Waals surface area contributed by atoms with Crippen molar-refractivity contribution < 1.29 is 8.78 Å². The Bertz CT molecular complexity index is 620. The summed E-state index contributed by atoms with van der Waals surface area (Å²) in [5, 5.41) is 3.56. The minimum Gasteiger partial charge on any atom is -0.376 e. The first-order chi connectivity index (χ1) is 9.51. The number of rotatable bonds is 4. The van der Waals surface area contributed by atoms with Crippen LogP contribution in [0.3, 0.4) is 0 Å². The van der Waals surface area contributed by atoms with Gasteiger partial charge < -0.3 is 11.1 Å². The third kappa shape index (κ3) is 3.39. The number of nitrogens with two attached hydrogens (primary N) is 1. The summed E-state index contributed by atoms with van der Waals surface area (Å²) < 4.78 is 27.1. The molecule has 0 aliphatic carbocycles. The predicted octanol–water partition coefficient (Wildman–Crippen LogP) is 4.38. The first kappa shape index (κ1) is 15.0. The minimum absolute atomic E-state index is 0.116. The van der Waals surface area contributed by atoms with E-state index in [0.29, 0.717) is 21.3 Å². The summed E-state index contributed by atoms with van der Waals surface area (Å²) in [6.45, 7) is 0.116. The Morgan fingerprint density at radius 3 is 2.50 bits per heavy atom. The maximum Gasteiger partial charge on any atom is 0.130 e. The second-order valence-corrected chi connectivity index (χ2v) is 5.07. The Hall–Kier alpha value is -1.36. The van der Waals surface area contributed by atoms with E-state index in [9.17, 15) is 8.78 Å². The van der Waals surface area contributed by atoms with Crippen molar-refractivity contribution in [1.29, 1.82) is 0 Å². The summed E-state index contributed by atoms with van der Waals surface area (Å²) in [5.41, 5.74) is 6.35. The van der Waals surface area contributed by atoms with Gasteiger partial charge in [0.05, 0.1) is 16.8 Å². The van der Waals surface area contributed by atoms with Gasteiger partial charge in [0.1, 0.15) is 11.6 Å². The molecule has 2 rings (SSSR count). The average Bonchev–Trinajstić information content (AvgIpc) is 2.40. The molecule has 0 spiro atoms. The lowest BCUT2D eigenvalue weighted by atomic mass is 10.1. The van der Waals surface area contributed by atoms with E-state index in [4.69, 9.17) is 28.9 Å². The minimum atomic E-state index is -0.536. The van der Waals surface area contributed by atoms with Gasteiger partial charge in [-0.05, 0) is 30.3 Å². The Balaban J connectivity index is 2.31. The molecule has 0 heterocycles. The lowest BCUT2D eigenvalue weighted by Crippen LogP contribution is -2.22. The molecule has 0 saturated carbocycles. The number of halogens is 4. The third-order valence-electron chi connectivity index (χ3n) is 2.83. The lowest BCUT2D eigenvalue weighted by molar-refractivity contribution is 0.593. The van der Waals surface area contributed by atoms with Gasteiger partial charge in [-0.1, -0.05) is 29.3 Å². The lowest BCUT2D eigenvalue weighted by Gasteiger charge is -2.20. The van der Waals surface area contributed by atoms with Crippen molar-refractivity contribution in [3.63, 3.8) is 0 Å². The Labute approximate surface area is 125 Å². The molecule has 20 heavy (non-hydrogen) atoms. The van der Waals surface area contributed by atoms with Crippen molar-refractivity contribution in [3.05, 3.63) is 63.6 Å². The quantitative estimate of drug-likeness (QED) is 0.878. The third-order valence-corrected chi connectivity index (χ3v) is 3.40. The van der Waals surface area contributed by atoms with E-state index in [-0.39, 0.29) is 6.54 Å². The van der Waals surface area contributed by atoms with E-state index in [2.05, 4.69) is 5.32 Å². The van der Waals surface area contributed by atoms with E-state index in [1.165, 1.54) is 30.3 Å². The zero-order chi connectivity index (χ0) is 14.7. The SMILES string of the molecule is NCC(Nc1cc(F)ccc1Cl)c1ccc(Cl)cc1F. The van der Waals surface area contributed by atoms with Gasteiger partial charge >= 0.3 is 0 Å². The Kier molecular flexibility index (Phi) is 4.81. The van der Waals surface area contributed by atoms with E-state index in [0.717, 1.165) is 0 Å². The maximum atomic E-state index is 13.9. The molecule has 0 saturated heterocycles. The van der Waals surface area contributed by atoms with Crippen LogP contribution in [0.4, 0.5) is 14.5 Å². The summed E-state index contributed by atoms with van der Waals surface area (Å²) in [4.78, 5) is 0. The van der Waals surface area contributed by atoms with Gasteiger partial charge in [0, 0.05) is 17.1 Å². The fourth-order valence-corrected chi connectivity index (χ4v) is 2.17. The smallest absolute Gasteiger partial charge is 0.130 e. The summed E-state index contributed by atoms with van der Waals surface area (Å²) in [5.74, 6) is -0.919. The van der Waals surface area contributed by atoms with E-state index in [1.54, 1.807) is 6.07 Å². The predicted molar refractivity (Wildman–Crippen MR) is 78.2 cm³/mol. The fourth-order valence-electron chi connectivity index (χ4n) is 1.84. The van der Waals surface area contributed by atoms with Crippen molar-refractivity contribution in [1.82, 2.24) is 0 Å². The molecule has 1 atom stereocenters. The van der Waals surface area contributed by atoms with Crippen molar-refractivity contribution in [2.75, 3.05) is 11.9 Å². The van der Waals surface area contributed by atoms with Gasteiger partial charge in [0.2, 0.25) is 0 Å². The van der Waals surface area contributed by atoms with Gasteiger partial charge in [-0.2, -0.15) is 0 Å². The molecule has 2 aromatic rings. The van der Waals surface area contributed by atoms with Crippen LogP contribution in [0.2, 0.25) is 10.0 Å². The fraction of sp³-hybridized carbons (Fsp3) is 0.143. The van der Waals surface area contributed by atoms with Crippen LogP contribution in [-0.2, 0) is 0 Å². The van der Waals surface area contributed by atoms with Crippen LogP contribution in [0.25, 0.3) is 0 Å². The maximum absolute atomic E-state index is 13.9. The molecular weight excluding hydrogens is 305 g/mol. The summed E-state index contributed by atoms with van der Waals surface area (Å²) in [6, 6.07) is 7.67. The number of hydrogen-bond donors (Lipinski definition) is 2. The molecule has 0 aromatic heterocycles. The summed E-state index contributed by atoms with van der Waals surface area (Å²) in [6.07, 6.45) is 0. The van der Waals surface area contributed by atoms with Gasteiger partial charge in [-0.25, -0.2) is 8.78 Å². The van der Waals surface area contributed by atoms with Crippen LogP contribution in [0.1, 0.15) is 11.6 Å². The van der Waals surface area contributed by atoms with Crippen LogP contribution in [0, 0.1) is 11.6 Å². The van der Waals surface area contributed by atoms with Crippen LogP contribution in [0.15, 0.2) is 36.4 Å². The molecule has 0 aliphatic heterocycles. The first-order valence-corrected chi connectivity index (χ1v) is 6.63. The summed E-state index contributed by atoms with van der Waals surface area (Å²) >= 11 is 11.7. The van der Waals surface area contributed by atoms with Crippen LogP contribution in [-0.4, -0.2) is 6.54 Å². The molecule has 6 heteroatoms. The normalized spacial score (nSPS) is 12.2. The number of benzene rings is 2. The molecule has 2 nitrogen and oxygen atoms in total. The molecule has 0 bridgehead atoms. The van der Waals surface area contributed by atoms with Gasteiger partial charge in [0.25, 0.3) is 0 Å². The zero-order valence-electron chi connectivity index (χ0n) is 10.3. The Morgan fingerprint density at radius 2 is 1.85 bits per heavy atom. The monoisotopic (exact) mass is 316 g/mol. The second kappa shape index (κ2) is 6.39. The highest BCUT2D eigenvalue weighted by Gasteiger charge is 2.16. The summed E-state index contributed by atoms with van der Waals surface area (Å²) in [7, 11) is 0. The van der Waals surface area contributed by atoms with Crippen molar-refractivity contribution >= 4 is 28.9 Å². The molecule has 0 aliphatic rings. The van der Waals surface area contributed by atoms with Crippen LogP contribution >= 0.6 is 23.2 Å². The standard InChI is InChI=1S/C14H12Cl2F2N2/c15-8-1-3-10(12(18)5-8)14(7-19)20-13-6-9(17)2-4-11(13)16/h1-6,14,20H,7,19H2. The number of hydrogen-bond acceptors (Lipinski definition) is 2. The van der Waals surface area contributed by atoms with Gasteiger partial charge in [-0.15, -0.1) is 0 Å². The highest BCUT2D eigenvalue weighted by molar-refractivity contribution is 6.33. The van der Waals surface area contributed by atoms with Crippen LogP contribution in [0.5, 0.6) is 0 Å². The molecule has 0 fully saturated rings. The largest absolute Gasteiger partial charge is 0.376 e. The highest BCUT2D eigenvalue weighted by Crippen LogP contribution is 2.28. The number of anilines is 1. The topological polar surface area (TPSA) is 38.0 Å². The average molecular weight is 317 g/mol. The van der Waals surface area contributed by atoms with E-state index in [1.807, 2.05) is 0 Å². The molecule has 106 valence electrons. The zero-order valence-corrected chi connectivity index (χ0v) is 11.8. The molecule has 1 unspecified atom stereocenters. The van der Waals surface area contributed by atoms with Crippen LogP contribution < -0.4 is 11.1 Å². The molecule has 0 radical (unpaired) electrons. The van der Waals surface area contributed by atoms with Crippen molar-refractivity contribution in [2.45, 2.75) is 6.04 Å². The molecule has 0 amide bonds.